The highest BCUT2D eigenvalue weighted by atomic mass is 16.5. The van der Waals surface area contributed by atoms with Crippen molar-refractivity contribution >= 4 is 18.0 Å². The maximum Gasteiger partial charge on any atom is 0.407 e. The molecule has 3 aromatic rings. The van der Waals surface area contributed by atoms with Crippen molar-refractivity contribution in [2.24, 2.45) is 11.8 Å². The Hall–Kier alpha value is -4.13. The lowest BCUT2D eigenvalue weighted by Gasteiger charge is -2.26. The molecule has 2 amide bonds. The Morgan fingerprint density at radius 3 is 1.79 bits per heavy atom. The number of amides is 2. The second-order valence-electron chi connectivity index (χ2n) is 10.5. The molecule has 0 saturated carbocycles. The summed E-state index contributed by atoms with van der Waals surface area (Å²) < 4.78 is 11.1. The van der Waals surface area contributed by atoms with E-state index in [0.717, 1.165) is 27.8 Å². The molecule has 0 aliphatic heterocycles. The number of alkyl carbamates (subject to hydrolysis) is 1. The number of carbonyl (C=O) groups is 3. The lowest BCUT2D eigenvalue weighted by Crippen LogP contribution is -2.55. The third kappa shape index (κ3) is 6.66. The van der Waals surface area contributed by atoms with Crippen LogP contribution in [0.4, 0.5) is 4.79 Å². The number of ether oxygens (including phenoxy) is 2. The van der Waals surface area contributed by atoms with Crippen LogP contribution < -0.4 is 10.6 Å². The molecule has 0 fully saturated rings. The van der Waals surface area contributed by atoms with Gasteiger partial charge in [0.1, 0.15) is 25.3 Å². The molecule has 0 unspecified atom stereocenters. The highest BCUT2D eigenvalue weighted by Gasteiger charge is 2.33. The highest BCUT2D eigenvalue weighted by molar-refractivity contribution is 5.90. The van der Waals surface area contributed by atoms with Gasteiger partial charge in [-0.25, -0.2) is 9.59 Å². The first-order valence-corrected chi connectivity index (χ1v) is 13.4. The van der Waals surface area contributed by atoms with Crippen molar-refractivity contribution in [1.82, 2.24) is 10.6 Å². The molecule has 7 heteroatoms. The van der Waals surface area contributed by atoms with Crippen molar-refractivity contribution < 1.29 is 23.9 Å². The van der Waals surface area contributed by atoms with E-state index in [2.05, 4.69) is 34.9 Å². The Bertz CT molecular complexity index is 1260. The van der Waals surface area contributed by atoms with Crippen LogP contribution in [-0.2, 0) is 25.7 Å². The zero-order valence-electron chi connectivity index (χ0n) is 22.8. The summed E-state index contributed by atoms with van der Waals surface area (Å²) in [5.41, 5.74) is 5.36. The molecule has 2 N–H and O–H groups in total. The molecule has 0 saturated heterocycles. The van der Waals surface area contributed by atoms with Crippen molar-refractivity contribution in [3.63, 3.8) is 0 Å². The largest absolute Gasteiger partial charge is 0.459 e. The van der Waals surface area contributed by atoms with Crippen molar-refractivity contribution in [1.29, 1.82) is 0 Å². The quantitative estimate of drug-likeness (QED) is 0.342. The molecular weight excluding hydrogens is 492 g/mol. The van der Waals surface area contributed by atoms with E-state index in [4.69, 9.17) is 9.47 Å². The number of fused-ring (bicyclic) bond motifs is 3. The van der Waals surface area contributed by atoms with Crippen molar-refractivity contribution in [2.45, 2.75) is 52.3 Å². The van der Waals surface area contributed by atoms with Crippen LogP contribution in [0.25, 0.3) is 11.1 Å². The van der Waals surface area contributed by atoms with Gasteiger partial charge >= 0.3 is 12.1 Å². The van der Waals surface area contributed by atoms with E-state index in [1.165, 1.54) is 0 Å². The van der Waals surface area contributed by atoms with Gasteiger partial charge in [0, 0.05) is 5.92 Å². The standard InChI is InChI=1S/C32H36N2O5/c1-20(2)28(30(35)33-29(21(3)4)31(36)38-18-22-12-6-5-7-13-22)34-32(37)39-19-27-25-16-10-8-14-23(25)24-15-9-11-17-26(24)27/h5-17,20-21,27-29H,18-19H2,1-4H3,(H,33,35)(H,34,37)/t28-,29-/m0/s1. The second kappa shape index (κ2) is 12.6. The summed E-state index contributed by atoms with van der Waals surface area (Å²) in [6.07, 6.45) is -0.682. The van der Waals surface area contributed by atoms with E-state index in [1.807, 2.05) is 82.3 Å². The van der Waals surface area contributed by atoms with E-state index in [0.29, 0.717) is 0 Å². The topological polar surface area (TPSA) is 93.7 Å². The molecular formula is C32H36N2O5. The first-order valence-electron chi connectivity index (χ1n) is 13.4. The number of benzene rings is 3. The Morgan fingerprint density at radius 2 is 1.23 bits per heavy atom. The van der Waals surface area contributed by atoms with Crippen LogP contribution in [-0.4, -0.2) is 36.7 Å². The average molecular weight is 529 g/mol. The van der Waals surface area contributed by atoms with Gasteiger partial charge in [-0.05, 0) is 39.7 Å². The van der Waals surface area contributed by atoms with Gasteiger partial charge in [-0.1, -0.05) is 107 Å². The fourth-order valence-electron chi connectivity index (χ4n) is 4.86. The molecule has 1 aliphatic carbocycles. The van der Waals surface area contributed by atoms with Gasteiger partial charge in [0.05, 0.1) is 0 Å². The molecule has 2 atom stereocenters. The van der Waals surface area contributed by atoms with Gasteiger partial charge in [-0.15, -0.1) is 0 Å². The lowest BCUT2D eigenvalue weighted by atomic mass is 9.98. The van der Waals surface area contributed by atoms with Crippen LogP contribution in [0.5, 0.6) is 0 Å². The molecule has 0 bridgehead atoms. The number of carbonyl (C=O) groups excluding carboxylic acids is 3. The van der Waals surface area contributed by atoms with Gasteiger partial charge in [0.2, 0.25) is 5.91 Å². The zero-order chi connectivity index (χ0) is 27.9. The van der Waals surface area contributed by atoms with Crippen LogP contribution in [0.3, 0.4) is 0 Å². The monoisotopic (exact) mass is 528 g/mol. The molecule has 0 radical (unpaired) electrons. The third-order valence-corrected chi connectivity index (χ3v) is 7.01. The summed E-state index contributed by atoms with van der Waals surface area (Å²) in [5.74, 6) is -1.52. The number of rotatable bonds is 10. The highest BCUT2D eigenvalue weighted by Crippen LogP contribution is 2.44. The summed E-state index contributed by atoms with van der Waals surface area (Å²) in [7, 11) is 0. The van der Waals surface area contributed by atoms with E-state index in [-0.39, 0.29) is 31.0 Å². The maximum absolute atomic E-state index is 13.2. The van der Waals surface area contributed by atoms with Crippen LogP contribution in [0.1, 0.15) is 50.3 Å². The molecule has 0 heterocycles. The minimum Gasteiger partial charge on any atom is -0.459 e. The summed E-state index contributed by atoms with van der Waals surface area (Å²) in [4.78, 5) is 38.9. The van der Waals surface area contributed by atoms with Crippen molar-refractivity contribution in [2.75, 3.05) is 6.61 Å². The first-order chi connectivity index (χ1) is 18.8. The van der Waals surface area contributed by atoms with Crippen LogP contribution in [0, 0.1) is 11.8 Å². The zero-order valence-corrected chi connectivity index (χ0v) is 22.8. The number of nitrogens with one attached hydrogen (secondary N) is 2. The van der Waals surface area contributed by atoms with Crippen LogP contribution in [0.15, 0.2) is 78.9 Å². The van der Waals surface area contributed by atoms with E-state index in [1.54, 1.807) is 0 Å². The summed E-state index contributed by atoms with van der Waals surface area (Å²) in [6, 6.07) is 23.8. The number of hydrogen-bond acceptors (Lipinski definition) is 5. The molecule has 4 rings (SSSR count). The van der Waals surface area contributed by atoms with Gasteiger partial charge in [-0.2, -0.15) is 0 Å². The van der Waals surface area contributed by atoms with E-state index >= 15 is 0 Å². The van der Waals surface area contributed by atoms with Gasteiger partial charge in [0.15, 0.2) is 0 Å². The summed E-state index contributed by atoms with van der Waals surface area (Å²) in [6.45, 7) is 7.57. The fourth-order valence-corrected chi connectivity index (χ4v) is 4.86. The maximum atomic E-state index is 13.2. The minimum absolute atomic E-state index is 0.0841. The lowest BCUT2D eigenvalue weighted by molar-refractivity contribution is -0.150. The normalized spacial score (nSPS) is 13.8. The molecule has 39 heavy (non-hydrogen) atoms. The van der Waals surface area contributed by atoms with Crippen LogP contribution >= 0.6 is 0 Å². The molecule has 0 aromatic heterocycles. The summed E-state index contributed by atoms with van der Waals surface area (Å²) in [5, 5.41) is 5.48. The molecule has 0 spiro atoms. The average Bonchev–Trinajstić information content (AvgIpc) is 3.26. The van der Waals surface area contributed by atoms with Crippen LogP contribution in [0.2, 0.25) is 0 Å². The molecule has 204 valence electrons. The fraction of sp³-hybridized carbons (Fsp3) is 0.344. The minimum atomic E-state index is -0.885. The molecule has 7 nitrogen and oxygen atoms in total. The Labute approximate surface area is 229 Å². The van der Waals surface area contributed by atoms with Gasteiger partial charge in [-0.3, -0.25) is 4.79 Å². The molecule has 3 aromatic carbocycles. The first kappa shape index (κ1) is 27.9. The predicted octanol–water partition coefficient (Wildman–Crippen LogP) is 5.43. The van der Waals surface area contributed by atoms with Gasteiger partial charge in [0.25, 0.3) is 0 Å². The Balaban J connectivity index is 1.36. The summed E-state index contributed by atoms with van der Waals surface area (Å²) >= 11 is 0. The smallest absolute Gasteiger partial charge is 0.407 e. The predicted molar refractivity (Wildman–Crippen MR) is 150 cm³/mol. The third-order valence-electron chi connectivity index (χ3n) is 7.01. The number of esters is 1. The number of hydrogen-bond donors (Lipinski definition) is 2. The SMILES string of the molecule is CC(C)[C@H](NC(=O)OCC1c2ccccc2-c2ccccc21)C(=O)N[C@H](C(=O)OCc1ccccc1)C(C)C. The molecule has 1 aliphatic rings. The van der Waals surface area contributed by atoms with E-state index < -0.39 is 30.1 Å². The van der Waals surface area contributed by atoms with Gasteiger partial charge < -0.3 is 20.1 Å². The van der Waals surface area contributed by atoms with Crippen molar-refractivity contribution in [3.8, 4) is 11.1 Å². The van der Waals surface area contributed by atoms with E-state index in [9.17, 15) is 14.4 Å². The Morgan fingerprint density at radius 1 is 0.692 bits per heavy atom. The van der Waals surface area contributed by atoms with Crippen molar-refractivity contribution in [3.05, 3.63) is 95.6 Å². The second-order valence-corrected chi connectivity index (χ2v) is 10.5. The Kier molecular flexibility index (Phi) is 9.02.